The van der Waals surface area contributed by atoms with E-state index in [4.69, 9.17) is 0 Å². The number of hydrogen-bond donors (Lipinski definition) is 1. The van der Waals surface area contributed by atoms with Crippen molar-refractivity contribution >= 4 is 5.91 Å². The Balaban J connectivity index is 1.66. The first-order valence-corrected chi connectivity index (χ1v) is 7.85. The highest BCUT2D eigenvalue weighted by Crippen LogP contribution is 2.30. The monoisotopic (exact) mass is 288 g/mol. The lowest BCUT2D eigenvalue weighted by Gasteiger charge is -2.36. The van der Waals surface area contributed by atoms with Crippen LogP contribution in [0.1, 0.15) is 30.0 Å². The van der Waals surface area contributed by atoms with Gasteiger partial charge in [0.1, 0.15) is 0 Å². The number of rotatable bonds is 5. The molecule has 1 amide bonds. The van der Waals surface area contributed by atoms with Gasteiger partial charge in [-0.3, -0.25) is 9.69 Å². The van der Waals surface area contributed by atoms with Crippen LogP contribution in [0.2, 0.25) is 0 Å². The summed E-state index contributed by atoms with van der Waals surface area (Å²) in [5.74, 6) is 0.884. The third-order valence-electron chi connectivity index (χ3n) is 4.69. The molecule has 114 valence electrons. The number of aliphatic hydroxyl groups excluding tert-OH is 1. The normalized spacial score (nSPS) is 21.9. The number of aliphatic hydroxyl groups is 1. The van der Waals surface area contributed by atoms with Crippen molar-refractivity contribution < 1.29 is 9.90 Å². The fraction of sp³-hybridized carbons (Fsp3) is 0.588. The van der Waals surface area contributed by atoms with Gasteiger partial charge >= 0.3 is 0 Å². The second-order valence-electron chi connectivity index (χ2n) is 6.34. The summed E-state index contributed by atoms with van der Waals surface area (Å²) >= 11 is 0. The largest absolute Gasteiger partial charge is 0.394 e. The summed E-state index contributed by atoms with van der Waals surface area (Å²) in [5.41, 5.74) is 2.47. The van der Waals surface area contributed by atoms with Crippen LogP contribution in [0.25, 0.3) is 0 Å². The number of carbonyl (C=O) groups excluding carboxylic acids is 1. The molecule has 2 aliphatic rings. The minimum Gasteiger partial charge on any atom is -0.394 e. The third-order valence-corrected chi connectivity index (χ3v) is 4.69. The summed E-state index contributed by atoms with van der Waals surface area (Å²) in [6, 6.07) is 8.19. The summed E-state index contributed by atoms with van der Waals surface area (Å²) in [5, 5.41) is 9.75. The molecule has 1 aromatic carbocycles. The van der Waals surface area contributed by atoms with Crippen LogP contribution in [-0.2, 0) is 11.2 Å². The van der Waals surface area contributed by atoms with Gasteiger partial charge in [0, 0.05) is 20.1 Å². The molecule has 0 spiro atoms. The lowest BCUT2D eigenvalue weighted by molar-refractivity contribution is -0.132. The number of likely N-dealkylation sites (N-methyl/N-ethyl adjacent to an activating group) is 1. The van der Waals surface area contributed by atoms with Crippen molar-refractivity contribution in [3.05, 3.63) is 35.4 Å². The van der Waals surface area contributed by atoms with E-state index in [2.05, 4.69) is 17.0 Å². The fourth-order valence-corrected chi connectivity index (χ4v) is 3.19. The first-order chi connectivity index (χ1) is 10.2. The van der Waals surface area contributed by atoms with E-state index in [0.717, 1.165) is 25.4 Å². The maximum absolute atomic E-state index is 12.4. The van der Waals surface area contributed by atoms with Crippen molar-refractivity contribution in [1.29, 1.82) is 0 Å². The Labute approximate surface area is 126 Å². The van der Waals surface area contributed by atoms with Crippen molar-refractivity contribution in [1.82, 2.24) is 9.80 Å². The average Bonchev–Trinajstić information content (AvgIpc) is 3.30. The lowest BCUT2D eigenvalue weighted by atomic mass is 9.93. The molecule has 1 saturated carbocycles. The van der Waals surface area contributed by atoms with E-state index in [9.17, 15) is 9.90 Å². The zero-order valence-electron chi connectivity index (χ0n) is 12.7. The molecule has 1 aliphatic carbocycles. The van der Waals surface area contributed by atoms with Gasteiger partial charge in [-0.05, 0) is 36.3 Å². The van der Waals surface area contributed by atoms with Gasteiger partial charge in [-0.25, -0.2) is 0 Å². The number of benzene rings is 1. The number of amides is 1. The van der Waals surface area contributed by atoms with Gasteiger partial charge in [0.05, 0.1) is 19.2 Å². The van der Waals surface area contributed by atoms with Crippen LogP contribution in [0.4, 0.5) is 0 Å². The first-order valence-electron chi connectivity index (χ1n) is 7.85. The smallest absolute Gasteiger partial charge is 0.236 e. The molecule has 4 heteroatoms. The Kier molecular flexibility index (Phi) is 4.27. The topological polar surface area (TPSA) is 43.8 Å². The van der Waals surface area contributed by atoms with Gasteiger partial charge in [0.15, 0.2) is 0 Å². The molecule has 1 aliphatic heterocycles. The van der Waals surface area contributed by atoms with Crippen LogP contribution in [0.15, 0.2) is 24.3 Å². The molecule has 1 atom stereocenters. The average molecular weight is 288 g/mol. The second kappa shape index (κ2) is 6.16. The summed E-state index contributed by atoms with van der Waals surface area (Å²) in [4.78, 5) is 16.3. The molecule has 1 aromatic rings. The van der Waals surface area contributed by atoms with Gasteiger partial charge in [-0.2, -0.15) is 0 Å². The van der Waals surface area contributed by atoms with Gasteiger partial charge in [-0.1, -0.05) is 24.3 Å². The van der Waals surface area contributed by atoms with E-state index in [1.165, 1.54) is 24.0 Å². The molecule has 4 nitrogen and oxygen atoms in total. The minimum absolute atomic E-state index is 0.0479. The molecule has 0 saturated heterocycles. The SMILES string of the molecule is CN(CC1CC1)C(=O)CN1CCc2ccccc2C1CO. The zero-order valence-corrected chi connectivity index (χ0v) is 12.7. The summed E-state index contributed by atoms with van der Waals surface area (Å²) in [6.45, 7) is 2.19. The van der Waals surface area contributed by atoms with Crippen LogP contribution >= 0.6 is 0 Å². The number of nitrogens with zero attached hydrogens (tertiary/aromatic N) is 2. The molecular formula is C17H24N2O2. The van der Waals surface area contributed by atoms with E-state index >= 15 is 0 Å². The highest BCUT2D eigenvalue weighted by atomic mass is 16.3. The molecule has 0 aromatic heterocycles. The minimum atomic E-state index is -0.0479. The van der Waals surface area contributed by atoms with Crippen LogP contribution in [0.3, 0.4) is 0 Å². The van der Waals surface area contributed by atoms with E-state index in [1.807, 2.05) is 24.1 Å². The van der Waals surface area contributed by atoms with Crippen molar-refractivity contribution in [2.75, 3.05) is 33.3 Å². The maximum atomic E-state index is 12.4. The molecule has 1 unspecified atom stereocenters. The molecular weight excluding hydrogens is 264 g/mol. The molecule has 1 fully saturated rings. The molecule has 0 radical (unpaired) electrons. The van der Waals surface area contributed by atoms with Crippen LogP contribution in [-0.4, -0.2) is 54.1 Å². The highest BCUT2D eigenvalue weighted by Gasteiger charge is 2.30. The van der Waals surface area contributed by atoms with Crippen molar-refractivity contribution in [3.8, 4) is 0 Å². The number of fused-ring (bicyclic) bond motifs is 1. The van der Waals surface area contributed by atoms with Gasteiger partial charge < -0.3 is 10.0 Å². The van der Waals surface area contributed by atoms with Gasteiger partial charge in [0.25, 0.3) is 0 Å². The summed E-state index contributed by atoms with van der Waals surface area (Å²) in [7, 11) is 1.90. The van der Waals surface area contributed by atoms with E-state index in [0.29, 0.717) is 6.54 Å². The van der Waals surface area contributed by atoms with Crippen LogP contribution < -0.4 is 0 Å². The molecule has 1 heterocycles. The summed E-state index contributed by atoms with van der Waals surface area (Å²) < 4.78 is 0. The number of carbonyl (C=O) groups is 1. The van der Waals surface area contributed by atoms with E-state index < -0.39 is 0 Å². The standard InChI is InChI=1S/C17H24N2O2/c1-18(10-13-6-7-13)17(21)11-19-9-8-14-4-2-3-5-15(14)16(19)12-20/h2-5,13,16,20H,6-12H2,1H3. The van der Waals surface area contributed by atoms with Gasteiger partial charge in [-0.15, -0.1) is 0 Å². The van der Waals surface area contributed by atoms with E-state index in [-0.39, 0.29) is 18.6 Å². The quantitative estimate of drug-likeness (QED) is 0.892. The Morgan fingerprint density at radius 1 is 1.38 bits per heavy atom. The maximum Gasteiger partial charge on any atom is 0.236 e. The fourth-order valence-electron chi connectivity index (χ4n) is 3.19. The molecule has 1 N–H and O–H groups in total. The summed E-state index contributed by atoms with van der Waals surface area (Å²) in [6.07, 6.45) is 3.47. The molecule has 3 rings (SSSR count). The van der Waals surface area contributed by atoms with Crippen molar-refractivity contribution in [2.45, 2.75) is 25.3 Å². The Hall–Kier alpha value is -1.39. The predicted octanol–water partition coefficient (Wildman–Crippen LogP) is 1.45. The Morgan fingerprint density at radius 2 is 2.14 bits per heavy atom. The van der Waals surface area contributed by atoms with Crippen molar-refractivity contribution in [3.63, 3.8) is 0 Å². The lowest BCUT2D eigenvalue weighted by Crippen LogP contribution is -2.44. The third kappa shape index (κ3) is 3.27. The predicted molar refractivity (Wildman–Crippen MR) is 81.9 cm³/mol. The Bertz CT molecular complexity index is 513. The van der Waals surface area contributed by atoms with Gasteiger partial charge in [0.2, 0.25) is 5.91 Å². The van der Waals surface area contributed by atoms with Crippen molar-refractivity contribution in [2.24, 2.45) is 5.92 Å². The second-order valence-corrected chi connectivity index (χ2v) is 6.34. The Morgan fingerprint density at radius 3 is 2.86 bits per heavy atom. The molecule has 0 bridgehead atoms. The number of hydrogen-bond acceptors (Lipinski definition) is 3. The first kappa shape index (κ1) is 14.5. The highest BCUT2D eigenvalue weighted by molar-refractivity contribution is 5.78. The van der Waals surface area contributed by atoms with Crippen LogP contribution in [0, 0.1) is 5.92 Å². The zero-order chi connectivity index (χ0) is 14.8. The van der Waals surface area contributed by atoms with E-state index in [1.54, 1.807) is 0 Å². The van der Waals surface area contributed by atoms with Crippen LogP contribution in [0.5, 0.6) is 0 Å². The molecule has 21 heavy (non-hydrogen) atoms.